The zero-order valence-electron chi connectivity index (χ0n) is 22.8. The van der Waals surface area contributed by atoms with E-state index in [1.54, 1.807) is 19.1 Å². The van der Waals surface area contributed by atoms with E-state index in [1.807, 2.05) is 96.8 Å². The minimum absolute atomic E-state index is 0.0634. The van der Waals surface area contributed by atoms with Crippen molar-refractivity contribution >= 4 is 23.4 Å². The van der Waals surface area contributed by atoms with Crippen LogP contribution in [0.25, 0.3) is 16.9 Å². The second-order valence-electron chi connectivity index (χ2n) is 9.68. The maximum Gasteiger partial charge on any atom is 0.255 e. The van der Waals surface area contributed by atoms with Crippen molar-refractivity contribution in [2.24, 2.45) is 0 Å². The summed E-state index contributed by atoms with van der Waals surface area (Å²) in [5.41, 5.74) is 4.95. The molecule has 0 bridgehead atoms. The molecule has 2 heterocycles. The Morgan fingerprint density at radius 2 is 1.43 bits per heavy atom. The van der Waals surface area contributed by atoms with E-state index in [1.165, 1.54) is 0 Å². The number of rotatable bonds is 7. The number of ether oxygens (including phenoxy) is 2. The van der Waals surface area contributed by atoms with Gasteiger partial charge in [0.15, 0.2) is 0 Å². The maximum absolute atomic E-state index is 13.8. The normalized spacial score (nSPS) is 14.1. The van der Waals surface area contributed by atoms with Crippen molar-refractivity contribution in [2.45, 2.75) is 12.3 Å². The highest BCUT2D eigenvalue weighted by Crippen LogP contribution is 2.33. The van der Waals surface area contributed by atoms with Gasteiger partial charge in [0, 0.05) is 43.6 Å². The Balaban J connectivity index is 1.40. The summed E-state index contributed by atoms with van der Waals surface area (Å²) >= 11 is 6.49. The van der Waals surface area contributed by atoms with Gasteiger partial charge in [-0.25, -0.2) is 0 Å². The number of methoxy groups -OCH3 is 2. The SMILES string of the molecule is COc1ccc(-c2cc(C(=O)N3CCN(C(=O)C(Cl)c4ccccc4)CC3)c(C)n2-c2cccc(OC)c2)cc1. The molecule has 7 nitrogen and oxygen atoms in total. The number of hydrogen-bond acceptors (Lipinski definition) is 4. The van der Waals surface area contributed by atoms with Crippen molar-refractivity contribution in [3.63, 3.8) is 0 Å². The third kappa shape index (κ3) is 5.42. The van der Waals surface area contributed by atoms with E-state index in [2.05, 4.69) is 4.57 Å². The molecule has 0 N–H and O–H groups in total. The van der Waals surface area contributed by atoms with Crippen molar-refractivity contribution < 1.29 is 19.1 Å². The standard InChI is InChI=1S/C32H32ClN3O4/c1-22-28(31(37)34-16-18-35(19-17-34)32(38)30(33)24-8-5-4-6-9-24)21-29(23-12-14-26(39-2)15-13-23)36(22)25-10-7-11-27(20-25)40-3/h4-15,20-21,30H,16-19H2,1-3H3. The first kappa shape index (κ1) is 27.3. The molecule has 1 saturated heterocycles. The molecule has 1 aliphatic rings. The average molecular weight is 558 g/mol. The number of piperazine rings is 1. The molecule has 8 heteroatoms. The minimum Gasteiger partial charge on any atom is -0.497 e. The molecule has 40 heavy (non-hydrogen) atoms. The summed E-state index contributed by atoms with van der Waals surface area (Å²) in [7, 11) is 3.27. The molecule has 0 radical (unpaired) electrons. The molecule has 3 aromatic carbocycles. The maximum atomic E-state index is 13.8. The number of hydrogen-bond donors (Lipinski definition) is 0. The lowest BCUT2D eigenvalue weighted by atomic mass is 10.1. The van der Waals surface area contributed by atoms with Crippen molar-refractivity contribution in [3.05, 3.63) is 102 Å². The lowest BCUT2D eigenvalue weighted by Crippen LogP contribution is -2.51. The zero-order valence-corrected chi connectivity index (χ0v) is 23.6. The first-order chi connectivity index (χ1) is 19.4. The smallest absolute Gasteiger partial charge is 0.255 e. The minimum atomic E-state index is -0.741. The fourth-order valence-corrected chi connectivity index (χ4v) is 5.39. The lowest BCUT2D eigenvalue weighted by molar-refractivity contribution is -0.132. The second kappa shape index (κ2) is 11.9. The van der Waals surface area contributed by atoms with E-state index in [0.717, 1.165) is 39.7 Å². The molecule has 1 fully saturated rings. The highest BCUT2D eigenvalue weighted by Gasteiger charge is 2.31. The van der Waals surface area contributed by atoms with Gasteiger partial charge in [-0.05, 0) is 60.5 Å². The van der Waals surface area contributed by atoms with Gasteiger partial charge in [-0.2, -0.15) is 0 Å². The highest BCUT2D eigenvalue weighted by molar-refractivity contribution is 6.30. The molecule has 0 saturated carbocycles. The van der Waals surface area contributed by atoms with Crippen LogP contribution in [-0.4, -0.2) is 66.6 Å². The van der Waals surface area contributed by atoms with Crippen LogP contribution >= 0.6 is 11.6 Å². The summed E-state index contributed by atoms with van der Waals surface area (Å²) in [4.78, 5) is 30.4. The number of halogens is 1. The van der Waals surface area contributed by atoms with Crippen LogP contribution < -0.4 is 9.47 Å². The number of alkyl halides is 1. The number of aromatic nitrogens is 1. The van der Waals surface area contributed by atoms with E-state index < -0.39 is 5.38 Å². The Labute approximate surface area is 239 Å². The second-order valence-corrected chi connectivity index (χ2v) is 10.1. The summed E-state index contributed by atoms with van der Waals surface area (Å²) in [5, 5.41) is -0.741. The summed E-state index contributed by atoms with van der Waals surface area (Å²) in [6.45, 7) is 3.69. The molecule has 4 aromatic rings. The number of benzene rings is 3. The topological polar surface area (TPSA) is 64.0 Å². The van der Waals surface area contributed by atoms with Gasteiger partial charge >= 0.3 is 0 Å². The number of carbonyl (C=O) groups is 2. The highest BCUT2D eigenvalue weighted by atomic mass is 35.5. The van der Waals surface area contributed by atoms with Crippen LogP contribution in [0.1, 0.15) is 27.0 Å². The molecule has 2 amide bonds. The molecule has 1 atom stereocenters. The van der Waals surface area contributed by atoms with Gasteiger partial charge in [-0.1, -0.05) is 36.4 Å². The first-order valence-electron chi connectivity index (χ1n) is 13.2. The molecule has 0 spiro atoms. The van der Waals surface area contributed by atoms with E-state index in [9.17, 15) is 9.59 Å². The van der Waals surface area contributed by atoms with Crippen LogP contribution in [-0.2, 0) is 4.79 Å². The van der Waals surface area contributed by atoms with E-state index in [-0.39, 0.29) is 11.8 Å². The van der Waals surface area contributed by atoms with Gasteiger partial charge in [0.05, 0.1) is 25.5 Å². The van der Waals surface area contributed by atoms with Crippen molar-refractivity contribution in [1.82, 2.24) is 14.4 Å². The molecule has 206 valence electrons. The van der Waals surface area contributed by atoms with Crippen LogP contribution in [0, 0.1) is 6.92 Å². The molecule has 1 aromatic heterocycles. The summed E-state index contributed by atoms with van der Waals surface area (Å²) in [5.74, 6) is 1.29. The summed E-state index contributed by atoms with van der Waals surface area (Å²) in [6.07, 6.45) is 0. The Hall–Kier alpha value is -4.23. The van der Waals surface area contributed by atoms with E-state index >= 15 is 0 Å². The molecule has 5 rings (SSSR count). The average Bonchev–Trinajstić information content (AvgIpc) is 3.37. The number of carbonyl (C=O) groups excluding carboxylic acids is 2. The number of nitrogens with zero attached hydrogens (tertiary/aromatic N) is 3. The largest absolute Gasteiger partial charge is 0.497 e. The van der Waals surface area contributed by atoms with Crippen LogP contribution in [0.4, 0.5) is 0 Å². The first-order valence-corrected chi connectivity index (χ1v) is 13.6. The van der Waals surface area contributed by atoms with Crippen LogP contribution in [0.5, 0.6) is 11.5 Å². The molecule has 1 aliphatic heterocycles. The van der Waals surface area contributed by atoms with Gasteiger partial charge in [-0.15, -0.1) is 11.6 Å². The lowest BCUT2D eigenvalue weighted by Gasteiger charge is -2.35. The summed E-state index contributed by atoms with van der Waals surface area (Å²) < 4.78 is 12.9. The molecule has 0 aliphatic carbocycles. The predicted octanol–water partition coefficient (Wildman–Crippen LogP) is 5.73. The summed E-state index contributed by atoms with van der Waals surface area (Å²) in [6, 6.07) is 26.8. The third-order valence-corrected chi connectivity index (χ3v) is 7.80. The fourth-order valence-electron chi connectivity index (χ4n) is 5.10. The Morgan fingerprint density at radius 1 is 0.775 bits per heavy atom. The Morgan fingerprint density at radius 3 is 2.08 bits per heavy atom. The monoisotopic (exact) mass is 557 g/mol. The van der Waals surface area contributed by atoms with Crippen molar-refractivity contribution in [3.8, 4) is 28.4 Å². The van der Waals surface area contributed by atoms with E-state index in [4.69, 9.17) is 21.1 Å². The van der Waals surface area contributed by atoms with Crippen molar-refractivity contribution in [1.29, 1.82) is 0 Å². The Bertz CT molecular complexity index is 1490. The van der Waals surface area contributed by atoms with Crippen LogP contribution in [0.3, 0.4) is 0 Å². The van der Waals surface area contributed by atoms with Gasteiger partial charge in [0.25, 0.3) is 5.91 Å². The van der Waals surface area contributed by atoms with Gasteiger partial charge in [0.2, 0.25) is 5.91 Å². The molecular formula is C32H32ClN3O4. The fraction of sp³-hybridized carbons (Fsp3) is 0.250. The van der Waals surface area contributed by atoms with Crippen LogP contribution in [0.2, 0.25) is 0 Å². The molecule has 1 unspecified atom stereocenters. The number of amides is 2. The Kier molecular flexibility index (Phi) is 8.12. The predicted molar refractivity (Wildman–Crippen MR) is 157 cm³/mol. The van der Waals surface area contributed by atoms with E-state index in [0.29, 0.717) is 31.7 Å². The van der Waals surface area contributed by atoms with Crippen molar-refractivity contribution in [2.75, 3.05) is 40.4 Å². The third-order valence-electron chi connectivity index (χ3n) is 7.36. The zero-order chi connectivity index (χ0) is 28.2. The van der Waals surface area contributed by atoms with Crippen LogP contribution in [0.15, 0.2) is 84.9 Å². The van der Waals surface area contributed by atoms with Gasteiger partial charge in [0.1, 0.15) is 16.9 Å². The van der Waals surface area contributed by atoms with Gasteiger partial charge < -0.3 is 23.8 Å². The van der Waals surface area contributed by atoms with Gasteiger partial charge in [-0.3, -0.25) is 9.59 Å². The quantitative estimate of drug-likeness (QED) is 0.272. The molecular weight excluding hydrogens is 526 g/mol.